The zero-order valence-electron chi connectivity index (χ0n) is 14.8. The van der Waals surface area contributed by atoms with Gasteiger partial charge in [0.05, 0.1) is 17.9 Å². The normalized spacial score (nSPS) is 23.7. The van der Waals surface area contributed by atoms with Crippen molar-refractivity contribution in [3.63, 3.8) is 0 Å². The third-order valence-electron chi connectivity index (χ3n) is 5.00. The van der Waals surface area contributed by atoms with Gasteiger partial charge in [-0.25, -0.2) is 4.98 Å². The topological polar surface area (TPSA) is 105 Å². The number of anilines is 1. The number of hydrogen-bond acceptors (Lipinski definition) is 8. The molecular weight excluding hydrogens is 409 g/mol. The van der Waals surface area contributed by atoms with E-state index in [0.717, 1.165) is 37.0 Å². The second kappa shape index (κ2) is 8.76. The van der Waals surface area contributed by atoms with E-state index in [1.807, 2.05) is 4.57 Å². The Kier molecular flexibility index (Phi) is 6.36. The van der Waals surface area contributed by atoms with Crippen LogP contribution in [0.4, 0.5) is 5.82 Å². The molecule has 2 aromatic rings. The van der Waals surface area contributed by atoms with Gasteiger partial charge in [0.15, 0.2) is 25.4 Å². The Morgan fingerprint density at radius 1 is 1.26 bits per heavy atom. The highest BCUT2D eigenvalue weighted by Gasteiger charge is 2.29. The van der Waals surface area contributed by atoms with Crippen molar-refractivity contribution in [2.75, 3.05) is 16.6 Å². The second-order valence-corrected chi connectivity index (χ2v) is 9.81. The van der Waals surface area contributed by atoms with Gasteiger partial charge in [-0.2, -0.15) is 9.97 Å². The Hall–Kier alpha value is -0.700. The van der Waals surface area contributed by atoms with Gasteiger partial charge >= 0.3 is 0 Å². The summed E-state index contributed by atoms with van der Waals surface area (Å²) in [7, 11) is -1.85. The lowest BCUT2D eigenvalue weighted by molar-refractivity contribution is 0.0153. The van der Waals surface area contributed by atoms with Crippen molar-refractivity contribution in [1.82, 2.24) is 19.5 Å². The van der Waals surface area contributed by atoms with E-state index >= 15 is 0 Å². The van der Waals surface area contributed by atoms with Crippen molar-refractivity contribution in [2.45, 2.75) is 56.9 Å². The predicted octanol–water partition coefficient (Wildman–Crippen LogP) is 3.50. The Bertz CT molecular complexity index is 789. The van der Waals surface area contributed by atoms with Crippen molar-refractivity contribution in [1.29, 1.82) is 0 Å². The van der Waals surface area contributed by atoms with Gasteiger partial charge < -0.3 is 19.8 Å². The molecule has 4 rings (SSSR count). The van der Waals surface area contributed by atoms with E-state index in [-0.39, 0.29) is 17.6 Å². The van der Waals surface area contributed by atoms with E-state index in [1.165, 1.54) is 24.6 Å². The Labute approximate surface area is 168 Å². The van der Waals surface area contributed by atoms with Gasteiger partial charge in [-0.15, -0.1) is 11.8 Å². The standard InChI is InChI=1S/C16H23ClN5O3PS/c17-16-20-14(19-10-3-1-2-4-10)13-15(21-16)22(8-18-13)12-6-5-11(25-12)7-27-9-26(23)24/h8,10-12,23-24H,1-7,9H2,(H,19,20,21). The van der Waals surface area contributed by atoms with Gasteiger partial charge in [0, 0.05) is 11.8 Å². The number of ether oxygens (including phenoxy) is 1. The molecule has 0 radical (unpaired) electrons. The van der Waals surface area contributed by atoms with Crippen molar-refractivity contribution < 1.29 is 14.5 Å². The smallest absolute Gasteiger partial charge is 0.226 e. The molecule has 2 unspecified atom stereocenters. The molecule has 27 heavy (non-hydrogen) atoms. The van der Waals surface area contributed by atoms with Crippen molar-refractivity contribution in [2.24, 2.45) is 0 Å². The number of rotatable bonds is 7. The van der Waals surface area contributed by atoms with Crippen molar-refractivity contribution in [3.8, 4) is 0 Å². The maximum atomic E-state index is 9.01. The molecule has 2 aliphatic rings. The first kappa shape index (κ1) is 19.6. The average Bonchev–Trinajstić information content (AvgIpc) is 3.34. The number of fused-ring (bicyclic) bond motifs is 1. The Balaban J connectivity index is 1.49. The van der Waals surface area contributed by atoms with E-state index in [0.29, 0.717) is 23.0 Å². The molecule has 0 amide bonds. The first-order valence-electron chi connectivity index (χ1n) is 9.15. The van der Waals surface area contributed by atoms with E-state index in [1.54, 1.807) is 6.33 Å². The average molecular weight is 432 g/mol. The Morgan fingerprint density at radius 3 is 2.85 bits per heavy atom. The van der Waals surface area contributed by atoms with Crippen LogP contribution in [0.3, 0.4) is 0 Å². The summed E-state index contributed by atoms with van der Waals surface area (Å²) in [6, 6.07) is 0.414. The number of thioether (sulfide) groups is 1. The summed E-state index contributed by atoms with van der Waals surface area (Å²) in [6.07, 6.45) is 8.20. The number of nitrogens with one attached hydrogen (secondary N) is 1. The lowest BCUT2D eigenvalue weighted by Gasteiger charge is -2.16. The molecule has 1 saturated carbocycles. The molecule has 1 saturated heterocycles. The van der Waals surface area contributed by atoms with Gasteiger partial charge in [-0.1, -0.05) is 12.8 Å². The fourth-order valence-electron chi connectivity index (χ4n) is 3.74. The van der Waals surface area contributed by atoms with Crippen LogP contribution in [0.25, 0.3) is 11.2 Å². The zero-order chi connectivity index (χ0) is 18.8. The van der Waals surface area contributed by atoms with Crippen LogP contribution in [0.15, 0.2) is 6.33 Å². The van der Waals surface area contributed by atoms with Crippen molar-refractivity contribution in [3.05, 3.63) is 11.6 Å². The molecule has 0 bridgehead atoms. The van der Waals surface area contributed by atoms with Crippen LogP contribution in [0.5, 0.6) is 0 Å². The monoisotopic (exact) mass is 431 g/mol. The minimum absolute atomic E-state index is 0.0841. The number of halogens is 1. The highest BCUT2D eigenvalue weighted by atomic mass is 35.5. The summed E-state index contributed by atoms with van der Waals surface area (Å²) in [5.74, 6) is 1.44. The second-order valence-electron chi connectivity index (χ2n) is 6.95. The van der Waals surface area contributed by atoms with Crippen LogP contribution in [0.2, 0.25) is 5.28 Å². The van der Waals surface area contributed by atoms with E-state index in [9.17, 15) is 0 Å². The molecule has 0 aromatic carbocycles. The number of nitrogens with zero attached hydrogens (tertiary/aromatic N) is 4. The molecule has 3 N–H and O–H groups in total. The highest BCUT2D eigenvalue weighted by molar-refractivity contribution is 8.03. The molecular formula is C16H23ClN5O3PS. The summed E-state index contributed by atoms with van der Waals surface area (Å²) in [5, 5.41) is 3.68. The molecule has 1 aliphatic heterocycles. The van der Waals surface area contributed by atoms with Crippen LogP contribution in [0, 0.1) is 0 Å². The molecule has 8 nitrogen and oxygen atoms in total. The minimum Gasteiger partial charge on any atom is -0.365 e. The third kappa shape index (κ3) is 4.66. The van der Waals surface area contributed by atoms with Gasteiger partial charge in [-0.3, -0.25) is 4.57 Å². The molecule has 11 heteroatoms. The van der Waals surface area contributed by atoms with Gasteiger partial charge in [0.1, 0.15) is 6.23 Å². The first-order valence-corrected chi connectivity index (χ1v) is 12.1. The van der Waals surface area contributed by atoms with E-state index in [2.05, 4.69) is 20.3 Å². The van der Waals surface area contributed by atoms with Crippen LogP contribution in [-0.2, 0) is 4.74 Å². The van der Waals surface area contributed by atoms with E-state index < -0.39 is 8.38 Å². The summed E-state index contributed by atoms with van der Waals surface area (Å²) in [5.41, 5.74) is 1.76. The van der Waals surface area contributed by atoms with E-state index in [4.69, 9.17) is 26.1 Å². The van der Waals surface area contributed by atoms with Crippen LogP contribution in [-0.4, -0.2) is 52.7 Å². The lowest BCUT2D eigenvalue weighted by Crippen LogP contribution is -2.16. The molecule has 0 spiro atoms. The Morgan fingerprint density at radius 2 is 2.07 bits per heavy atom. The fraction of sp³-hybridized carbons (Fsp3) is 0.688. The zero-order valence-corrected chi connectivity index (χ0v) is 17.3. The fourth-order valence-corrected chi connectivity index (χ4v) is 5.49. The lowest BCUT2D eigenvalue weighted by atomic mass is 10.2. The molecule has 2 fully saturated rings. The molecule has 3 heterocycles. The van der Waals surface area contributed by atoms with Gasteiger partial charge in [-0.05, 0) is 37.3 Å². The predicted molar refractivity (Wildman–Crippen MR) is 108 cm³/mol. The van der Waals surface area contributed by atoms with Gasteiger partial charge in [0.2, 0.25) is 5.28 Å². The van der Waals surface area contributed by atoms with Crippen LogP contribution in [0.1, 0.15) is 44.8 Å². The van der Waals surface area contributed by atoms with Crippen LogP contribution < -0.4 is 5.32 Å². The summed E-state index contributed by atoms with van der Waals surface area (Å²) in [6.45, 7) is 0. The summed E-state index contributed by atoms with van der Waals surface area (Å²) < 4.78 is 8.06. The highest BCUT2D eigenvalue weighted by Crippen LogP contribution is 2.36. The molecule has 148 valence electrons. The first-order chi connectivity index (χ1) is 13.1. The molecule has 2 aromatic heterocycles. The van der Waals surface area contributed by atoms with Crippen molar-refractivity contribution >= 4 is 48.7 Å². The SMILES string of the molecule is OP(O)CSCC1CCC(n2cnc3c(NC4CCCC4)nc(Cl)nc32)O1. The maximum Gasteiger partial charge on any atom is 0.226 e. The minimum atomic E-state index is -1.85. The quantitative estimate of drug-likeness (QED) is 0.452. The number of aromatic nitrogens is 4. The maximum absolute atomic E-state index is 9.01. The summed E-state index contributed by atoms with van der Waals surface area (Å²) >= 11 is 7.68. The van der Waals surface area contributed by atoms with Crippen LogP contribution >= 0.6 is 31.7 Å². The molecule has 1 aliphatic carbocycles. The third-order valence-corrected chi connectivity index (χ3v) is 7.43. The number of imidazole rings is 1. The molecule has 2 atom stereocenters. The number of hydrogen-bond donors (Lipinski definition) is 3. The van der Waals surface area contributed by atoms with Gasteiger partial charge in [0.25, 0.3) is 0 Å². The summed E-state index contributed by atoms with van der Waals surface area (Å²) in [4.78, 5) is 31.3. The largest absolute Gasteiger partial charge is 0.365 e.